The summed E-state index contributed by atoms with van der Waals surface area (Å²) in [6.45, 7) is 5.94. The van der Waals surface area contributed by atoms with Crippen molar-refractivity contribution >= 4 is 5.91 Å². The molecule has 17 heavy (non-hydrogen) atoms. The van der Waals surface area contributed by atoms with Crippen LogP contribution in [0.4, 0.5) is 0 Å². The van der Waals surface area contributed by atoms with Crippen LogP contribution in [0.5, 0.6) is 0 Å². The predicted octanol–water partition coefficient (Wildman–Crippen LogP) is 0.245. The molecule has 0 aliphatic heterocycles. The van der Waals surface area contributed by atoms with E-state index in [0.29, 0.717) is 26.1 Å². The second kappa shape index (κ2) is 10.5. The Morgan fingerprint density at radius 3 is 2.65 bits per heavy atom. The van der Waals surface area contributed by atoms with Gasteiger partial charge in [0.05, 0.1) is 6.61 Å². The first-order valence-electron chi connectivity index (χ1n) is 6.31. The zero-order valence-corrected chi connectivity index (χ0v) is 11.3. The van der Waals surface area contributed by atoms with Gasteiger partial charge in [0.2, 0.25) is 5.91 Å². The quantitative estimate of drug-likeness (QED) is 0.515. The first-order chi connectivity index (χ1) is 8.10. The molecule has 1 atom stereocenters. The van der Waals surface area contributed by atoms with Gasteiger partial charge < -0.3 is 21.1 Å². The number of methoxy groups -OCH3 is 1. The second-order valence-electron chi connectivity index (χ2n) is 4.51. The van der Waals surface area contributed by atoms with E-state index in [1.54, 1.807) is 7.11 Å². The molecule has 4 N–H and O–H groups in total. The highest BCUT2D eigenvalue weighted by atomic mass is 16.5. The van der Waals surface area contributed by atoms with Gasteiger partial charge in [0.25, 0.3) is 0 Å². The van der Waals surface area contributed by atoms with Crippen molar-refractivity contribution in [3.05, 3.63) is 0 Å². The number of hydrogen-bond donors (Lipinski definition) is 3. The molecule has 0 fully saturated rings. The molecule has 1 unspecified atom stereocenters. The SMILES string of the molecule is COCC(CCCN)NCCC(=O)NC(C)C. The number of carbonyl (C=O) groups excluding carboxylic acids is 1. The minimum atomic E-state index is 0.0856. The molecule has 0 aromatic carbocycles. The lowest BCUT2D eigenvalue weighted by molar-refractivity contribution is -0.121. The van der Waals surface area contributed by atoms with E-state index in [4.69, 9.17) is 10.5 Å². The fraction of sp³-hybridized carbons (Fsp3) is 0.917. The summed E-state index contributed by atoms with van der Waals surface area (Å²) in [5, 5.41) is 6.18. The molecule has 0 aliphatic carbocycles. The first-order valence-corrected chi connectivity index (χ1v) is 6.31. The number of carbonyl (C=O) groups is 1. The minimum absolute atomic E-state index is 0.0856. The zero-order chi connectivity index (χ0) is 13.1. The third-order valence-electron chi connectivity index (χ3n) is 2.36. The van der Waals surface area contributed by atoms with Gasteiger partial charge in [-0.1, -0.05) is 0 Å². The highest BCUT2D eigenvalue weighted by Crippen LogP contribution is 1.97. The molecule has 0 aliphatic rings. The summed E-state index contributed by atoms with van der Waals surface area (Å²) in [6, 6.07) is 0.491. The van der Waals surface area contributed by atoms with Gasteiger partial charge in [-0.3, -0.25) is 4.79 Å². The van der Waals surface area contributed by atoms with Gasteiger partial charge in [-0.05, 0) is 33.2 Å². The molecule has 0 aromatic heterocycles. The summed E-state index contributed by atoms with van der Waals surface area (Å²) < 4.78 is 5.12. The van der Waals surface area contributed by atoms with Crippen LogP contribution in [0, 0.1) is 0 Å². The third kappa shape index (κ3) is 10.2. The van der Waals surface area contributed by atoms with Crippen LogP contribution in [-0.2, 0) is 9.53 Å². The van der Waals surface area contributed by atoms with Gasteiger partial charge in [0, 0.05) is 32.2 Å². The molecule has 102 valence electrons. The van der Waals surface area contributed by atoms with Crippen molar-refractivity contribution in [1.82, 2.24) is 10.6 Å². The molecule has 0 saturated heterocycles. The summed E-state index contributed by atoms with van der Waals surface area (Å²) in [4.78, 5) is 11.4. The van der Waals surface area contributed by atoms with Crippen molar-refractivity contribution in [2.24, 2.45) is 5.73 Å². The molecule has 0 saturated carbocycles. The van der Waals surface area contributed by atoms with Gasteiger partial charge in [0.1, 0.15) is 0 Å². The van der Waals surface area contributed by atoms with E-state index in [1.807, 2.05) is 13.8 Å². The maximum atomic E-state index is 11.4. The lowest BCUT2D eigenvalue weighted by Gasteiger charge is -2.17. The van der Waals surface area contributed by atoms with Gasteiger partial charge in [0.15, 0.2) is 0 Å². The smallest absolute Gasteiger partial charge is 0.221 e. The van der Waals surface area contributed by atoms with E-state index < -0.39 is 0 Å². The average Bonchev–Trinajstić information content (AvgIpc) is 2.24. The Morgan fingerprint density at radius 1 is 1.41 bits per heavy atom. The molecule has 1 amide bonds. The van der Waals surface area contributed by atoms with E-state index in [0.717, 1.165) is 12.8 Å². The van der Waals surface area contributed by atoms with Crippen LogP contribution in [0.2, 0.25) is 0 Å². The molecule has 5 heteroatoms. The highest BCUT2D eigenvalue weighted by Gasteiger charge is 2.08. The Bertz CT molecular complexity index is 198. The Balaban J connectivity index is 3.69. The third-order valence-corrected chi connectivity index (χ3v) is 2.36. The number of nitrogens with one attached hydrogen (secondary N) is 2. The molecule has 0 heterocycles. The summed E-state index contributed by atoms with van der Waals surface area (Å²) in [6.07, 6.45) is 2.45. The lowest BCUT2D eigenvalue weighted by Crippen LogP contribution is -2.38. The predicted molar refractivity (Wildman–Crippen MR) is 69.9 cm³/mol. The van der Waals surface area contributed by atoms with E-state index in [1.165, 1.54) is 0 Å². The number of amides is 1. The van der Waals surface area contributed by atoms with Crippen LogP contribution in [0.15, 0.2) is 0 Å². The zero-order valence-electron chi connectivity index (χ0n) is 11.3. The molecule has 5 nitrogen and oxygen atoms in total. The Labute approximate surface area is 104 Å². The van der Waals surface area contributed by atoms with Crippen molar-refractivity contribution in [1.29, 1.82) is 0 Å². The average molecular weight is 245 g/mol. The summed E-state index contributed by atoms with van der Waals surface area (Å²) in [5.74, 6) is 0.0856. The van der Waals surface area contributed by atoms with Crippen LogP contribution in [0.3, 0.4) is 0 Å². The number of nitrogens with two attached hydrogens (primary N) is 1. The fourth-order valence-electron chi connectivity index (χ4n) is 1.59. The maximum Gasteiger partial charge on any atom is 0.221 e. The first kappa shape index (κ1) is 16.4. The molecular formula is C12H27N3O2. The minimum Gasteiger partial charge on any atom is -0.383 e. The largest absolute Gasteiger partial charge is 0.383 e. The second-order valence-corrected chi connectivity index (χ2v) is 4.51. The molecule has 0 bridgehead atoms. The molecule has 0 radical (unpaired) electrons. The monoisotopic (exact) mass is 245 g/mol. The van der Waals surface area contributed by atoms with Crippen molar-refractivity contribution < 1.29 is 9.53 Å². The summed E-state index contributed by atoms with van der Waals surface area (Å²) in [7, 11) is 1.68. The van der Waals surface area contributed by atoms with Crippen LogP contribution < -0.4 is 16.4 Å². The lowest BCUT2D eigenvalue weighted by atomic mass is 10.1. The Morgan fingerprint density at radius 2 is 2.12 bits per heavy atom. The van der Waals surface area contributed by atoms with E-state index in [-0.39, 0.29) is 18.0 Å². The number of ether oxygens (including phenoxy) is 1. The van der Waals surface area contributed by atoms with Crippen molar-refractivity contribution in [2.75, 3.05) is 26.8 Å². The van der Waals surface area contributed by atoms with Crippen LogP contribution in [0.1, 0.15) is 33.1 Å². The Hall–Kier alpha value is -0.650. The number of rotatable bonds is 10. The normalized spacial score (nSPS) is 12.8. The van der Waals surface area contributed by atoms with Gasteiger partial charge >= 0.3 is 0 Å². The van der Waals surface area contributed by atoms with Crippen LogP contribution >= 0.6 is 0 Å². The number of hydrogen-bond acceptors (Lipinski definition) is 4. The summed E-state index contributed by atoms with van der Waals surface area (Å²) >= 11 is 0. The van der Waals surface area contributed by atoms with Gasteiger partial charge in [-0.15, -0.1) is 0 Å². The summed E-state index contributed by atoms with van der Waals surface area (Å²) in [5.41, 5.74) is 5.47. The maximum absolute atomic E-state index is 11.4. The van der Waals surface area contributed by atoms with E-state index >= 15 is 0 Å². The van der Waals surface area contributed by atoms with Crippen molar-refractivity contribution in [3.8, 4) is 0 Å². The van der Waals surface area contributed by atoms with E-state index in [9.17, 15) is 4.79 Å². The molecule has 0 spiro atoms. The topological polar surface area (TPSA) is 76.4 Å². The molecule has 0 aromatic rings. The standard InChI is InChI=1S/C12H27N3O2/c1-10(2)15-12(16)6-8-14-11(9-17-3)5-4-7-13/h10-11,14H,4-9,13H2,1-3H3,(H,15,16). The van der Waals surface area contributed by atoms with Gasteiger partial charge in [-0.25, -0.2) is 0 Å². The van der Waals surface area contributed by atoms with Crippen molar-refractivity contribution in [2.45, 2.75) is 45.2 Å². The highest BCUT2D eigenvalue weighted by molar-refractivity contribution is 5.76. The van der Waals surface area contributed by atoms with Crippen LogP contribution in [-0.4, -0.2) is 44.8 Å². The Kier molecular flexibility index (Phi) is 10.1. The fourth-order valence-corrected chi connectivity index (χ4v) is 1.59. The molecule has 0 rings (SSSR count). The van der Waals surface area contributed by atoms with Crippen LogP contribution in [0.25, 0.3) is 0 Å². The molecular weight excluding hydrogens is 218 g/mol. The van der Waals surface area contributed by atoms with E-state index in [2.05, 4.69) is 10.6 Å². The van der Waals surface area contributed by atoms with Crippen molar-refractivity contribution in [3.63, 3.8) is 0 Å². The van der Waals surface area contributed by atoms with Gasteiger partial charge in [-0.2, -0.15) is 0 Å².